The monoisotopic (exact) mass is 287 g/mol. The molecule has 1 heterocycles. The third kappa shape index (κ3) is 2.71. The van der Waals surface area contributed by atoms with E-state index in [0.717, 1.165) is 18.4 Å². The quantitative estimate of drug-likeness (QED) is 0.802. The fourth-order valence-electron chi connectivity index (χ4n) is 2.36. The number of piperidine rings is 1. The molecule has 1 saturated heterocycles. The molecule has 1 unspecified atom stereocenters. The van der Waals surface area contributed by atoms with E-state index in [2.05, 4.69) is 0 Å². The van der Waals surface area contributed by atoms with Gasteiger partial charge in [0.25, 0.3) is 0 Å². The maximum Gasteiger partial charge on any atom is 0.243 e. The molecule has 0 spiro atoms. The summed E-state index contributed by atoms with van der Waals surface area (Å²) in [6.45, 7) is 2.97. The summed E-state index contributed by atoms with van der Waals surface area (Å²) in [4.78, 5) is 0.417. The molecule has 3 nitrogen and oxygen atoms in total. The Labute approximate surface area is 114 Å². The van der Waals surface area contributed by atoms with Crippen molar-refractivity contribution in [3.63, 3.8) is 0 Å². The van der Waals surface area contributed by atoms with Crippen molar-refractivity contribution in [2.45, 2.75) is 24.7 Å². The third-order valence-corrected chi connectivity index (χ3v) is 5.87. The second kappa shape index (κ2) is 5.59. The molecule has 0 saturated carbocycles. The molecule has 0 radical (unpaired) electrons. The SMILES string of the molecule is Cc1ccccc1S(=O)(=O)N1CCCC(CCl)C1. The lowest BCUT2D eigenvalue weighted by atomic mass is 10.0. The van der Waals surface area contributed by atoms with Crippen LogP contribution in [0, 0.1) is 12.8 Å². The van der Waals surface area contributed by atoms with Crippen LogP contribution >= 0.6 is 11.6 Å². The number of sulfonamides is 1. The predicted molar refractivity (Wildman–Crippen MR) is 73.4 cm³/mol. The van der Waals surface area contributed by atoms with Gasteiger partial charge >= 0.3 is 0 Å². The second-order valence-corrected chi connectivity index (χ2v) is 7.01. The molecule has 0 aliphatic carbocycles. The minimum Gasteiger partial charge on any atom is -0.207 e. The molecule has 1 aromatic carbocycles. The second-order valence-electron chi connectivity index (χ2n) is 4.79. The molecule has 1 aliphatic heterocycles. The zero-order valence-corrected chi connectivity index (χ0v) is 12.0. The van der Waals surface area contributed by atoms with Crippen molar-refractivity contribution in [1.29, 1.82) is 0 Å². The van der Waals surface area contributed by atoms with E-state index in [0.29, 0.717) is 23.9 Å². The van der Waals surface area contributed by atoms with E-state index in [1.54, 1.807) is 16.4 Å². The summed E-state index contributed by atoms with van der Waals surface area (Å²) in [5.74, 6) is 0.805. The van der Waals surface area contributed by atoms with Gasteiger partial charge in [0.15, 0.2) is 0 Å². The Morgan fingerprint density at radius 3 is 2.78 bits per heavy atom. The van der Waals surface area contributed by atoms with Crippen LogP contribution < -0.4 is 0 Å². The highest BCUT2D eigenvalue weighted by molar-refractivity contribution is 7.89. The number of alkyl halides is 1. The smallest absolute Gasteiger partial charge is 0.207 e. The Balaban J connectivity index is 2.29. The Hall–Kier alpha value is -0.580. The van der Waals surface area contributed by atoms with Crippen LogP contribution in [0.5, 0.6) is 0 Å². The number of hydrogen-bond acceptors (Lipinski definition) is 2. The average molecular weight is 288 g/mol. The lowest BCUT2D eigenvalue weighted by molar-refractivity contribution is 0.283. The van der Waals surface area contributed by atoms with E-state index in [4.69, 9.17) is 11.6 Å². The molecule has 5 heteroatoms. The van der Waals surface area contributed by atoms with Crippen LogP contribution in [0.15, 0.2) is 29.2 Å². The van der Waals surface area contributed by atoms with Crippen LogP contribution in [0.2, 0.25) is 0 Å². The molecule has 1 aromatic rings. The van der Waals surface area contributed by atoms with Gasteiger partial charge < -0.3 is 0 Å². The molecular formula is C13H18ClNO2S. The maximum absolute atomic E-state index is 12.6. The van der Waals surface area contributed by atoms with E-state index < -0.39 is 10.0 Å². The van der Waals surface area contributed by atoms with Crippen LogP contribution in [0.3, 0.4) is 0 Å². The van der Waals surface area contributed by atoms with Crippen molar-refractivity contribution >= 4 is 21.6 Å². The molecule has 1 aliphatic rings. The first kappa shape index (κ1) is 13.8. The van der Waals surface area contributed by atoms with E-state index in [9.17, 15) is 8.42 Å². The van der Waals surface area contributed by atoms with Gasteiger partial charge in [-0.25, -0.2) is 8.42 Å². The van der Waals surface area contributed by atoms with Gasteiger partial charge in [-0.05, 0) is 37.3 Å². The normalized spacial score (nSPS) is 22.0. The highest BCUT2D eigenvalue weighted by atomic mass is 35.5. The molecule has 1 fully saturated rings. The number of hydrogen-bond donors (Lipinski definition) is 0. The average Bonchev–Trinajstić information content (AvgIpc) is 2.39. The minimum absolute atomic E-state index is 0.277. The summed E-state index contributed by atoms with van der Waals surface area (Å²) < 4.78 is 26.7. The van der Waals surface area contributed by atoms with Crippen molar-refractivity contribution in [1.82, 2.24) is 4.31 Å². The van der Waals surface area contributed by atoms with Gasteiger partial charge in [0.1, 0.15) is 0 Å². The topological polar surface area (TPSA) is 37.4 Å². The van der Waals surface area contributed by atoms with E-state index in [1.165, 1.54) is 0 Å². The number of nitrogens with zero attached hydrogens (tertiary/aromatic N) is 1. The van der Waals surface area contributed by atoms with E-state index >= 15 is 0 Å². The standard InChI is InChI=1S/C13H18ClNO2S/c1-11-5-2-3-7-13(11)18(16,17)15-8-4-6-12(9-14)10-15/h2-3,5,7,12H,4,6,8-10H2,1H3. The molecule has 0 N–H and O–H groups in total. The molecular weight excluding hydrogens is 270 g/mol. The van der Waals surface area contributed by atoms with Gasteiger partial charge in [0.2, 0.25) is 10.0 Å². The fraction of sp³-hybridized carbons (Fsp3) is 0.538. The van der Waals surface area contributed by atoms with Crippen LogP contribution in [0.1, 0.15) is 18.4 Å². The summed E-state index contributed by atoms with van der Waals surface area (Å²) in [5, 5.41) is 0. The number of rotatable bonds is 3. The number of halogens is 1. The van der Waals surface area contributed by atoms with Crippen LogP contribution in [-0.2, 0) is 10.0 Å². The summed E-state index contributed by atoms with van der Waals surface area (Å²) in [6, 6.07) is 7.12. The first-order chi connectivity index (χ1) is 8.55. The van der Waals surface area contributed by atoms with Gasteiger partial charge in [0.05, 0.1) is 4.90 Å². The molecule has 0 amide bonds. The Morgan fingerprint density at radius 2 is 2.11 bits per heavy atom. The summed E-state index contributed by atoms with van der Waals surface area (Å²) in [6.07, 6.45) is 1.91. The fourth-order valence-corrected chi connectivity index (χ4v) is 4.39. The van der Waals surface area contributed by atoms with Gasteiger partial charge in [-0.3, -0.25) is 0 Å². The molecule has 2 rings (SSSR count). The van der Waals surface area contributed by atoms with Crippen LogP contribution in [-0.4, -0.2) is 31.7 Å². The number of benzene rings is 1. The largest absolute Gasteiger partial charge is 0.243 e. The first-order valence-electron chi connectivity index (χ1n) is 6.17. The van der Waals surface area contributed by atoms with Crippen molar-refractivity contribution < 1.29 is 8.42 Å². The number of aryl methyl sites for hydroxylation is 1. The predicted octanol–water partition coefficient (Wildman–Crippen LogP) is 2.63. The summed E-state index contributed by atoms with van der Waals surface area (Å²) in [7, 11) is -3.36. The van der Waals surface area contributed by atoms with Crippen LogP contribution in [0.25, 0.3) is 0 Å². The molecule has 0 bridgehead atoms. The third-order valence-electron chi connectivity index (χ3n) is 3.41. The molecule has 18 heavy (non-hydrogen) atoms. The van der Waals surface area contributed by atoms with E-state index in [-0.39, 0.29) is 5.92 Å². The Kier molecular flexibility index (Phi) is 4.30. The van der Waals surface area contributed by atoms with Crippen LogP contribution in [0.4, 0.5) is 0 Å². The van der Waals surface area contributed by atoms with Crippen molar-refractivity contribution in [2.75, 3.05) is 19.0 Å². The highest BCUT2D eigenvalue weighted by Gasteiger charge is 2.30. The Morgan fingerprint density at radius 1 is 1.39 bits per heavy atom. The zero-order valence-electron chi connectivity index (χ0n) is 10.5. The van der Waals surface area contributed by atoms with Crippen molar-refractivity contribution in [2.24, 2.45) is 5.92 Å². The first-order valence-corrected chi connectivity index (χ1v) is 8.15. The van der Waals surface area contributed by atoms with Gasteiger partial charge in [-0.1, -0.05) is 18.2 Å². The Bertz CT molecular complexity index is 515. The lowest BCUT2D eigenvalue weighted by Gasteiger charge is -2.31. The van der Waals surface area contributed by atoms with E-state index in [1.807, 2.05) is 19.1 Å². The van der Waals surface area contributed by atoms with Gasteiger partial charge in [-0.2, -0.15) is 4.31 Å². The van der Waals surface area contributed by atoms with Crippen molar-refractivity contribution in [3.8, 4) is 0 Å². The zero-order chi connectivity index (χ0) is 13.2. The lowest BCUT2D eigenvalue weighted by Crippen LogP contribution is -2.40. The molecule has 100 valence electrons. The highest BCUT2D eigenvalue weighted by Crippen LogP contribution is 2.25. The minimum atomic E-state index is -3.36. The molecule has 1 atom stereocenters. The summed E-state index contributed by atoms with van der Waals surface area (Å²) in [5.41, 5.74) is 0.797. The maximum atomic E-state index is 12.6. The van der Waals surface area contributed by atoms with Gasteiger partial charge in [-0.15, -0.1) is 11.6 Å². The summed E-state index contributed by atoms with van der Waals surface area (Å²) >= 11 is 5.85. The van der Waals surface area contributed by atoms with Crippen molar-refractivity contribution in [3.05, 3.63) is 29.8 Å². The van der Waals surface area contributed by atoms with Gasteiger partial charge in [0, 0.05) is 19.0 Å². The molecule has 0 aromatic heterocycles.